The Kier molecular flexibility index (Phi) is 16.6. The van der Waals surface area contributed by atoms with Gasteiger partial charge in [0, 0.05) is 5.56 Å². The van der Waals surface area contributed by atoms with Crippen LogP contribution in [-0.2, 0) is 14.2 Å². The average molecular weight is 837 g/mol. The van der Waals surface area contributed by atoms with Crippen LogP contribution in [0.1, 0.15) is 51.9 Å². The molecule has 0 amide bonds. The molecule has 0 saturated heterocycles. The summed E-state index contributed by atoms with van der Waals surface area (Å²) in [7, 11) is 0. The van der Waals surface area contributed by atoms with Crippen LogP contribution in [0.5, 0.6) is 11.5 Å². The molecule has 55 heavy (non-hydrogen) atoms. The zero-order valence-electron chi connectivity index (χ0n) is 28.3. The minimum atomic E-state index is -7.98. The second kappa shape index (κ2) is 19.2. The van der Waals surface area contributed by atoms with Gasteiger partial charge in [-0.1, -0.05) is 45.4 Å². The van der Waals surface area contributed by atoms with E-state index in [4.69, 9.17) is 9.47 Å². The summed E-state index contributed by atoms with van der Waals surface area (Å²) in [6.07, 6.45) is -30.0. The molecule has 1 aromatic carbocycles. The van der Waals surface area contributed by atoms with Crippen LogP contribution in [0.2, 0.25) is 0 Å². The smallest absolute Gasteiger partial charge is 0.460 e. The summed E-state index contributed by atoms with van der Waals surface area (Å²) in [6.45, 7) is -3.05. The highest BCUT2D eigenvalue weighted by Gasteiger charge is 2.85. The molecule has 0 bridgehead atoms. The molecule has 316 valence electrons. The van der Waals surface area contributed by atoms with Gasteiger partial charge in [-0.2, -0.15) is 65.9 Å². The first-order valence-corrected chi connectivity index (χ1v) is 16.0. The highest BCUT2D eigenvalue weighted by atomic mass is 19.4. The van der Waals surface area contributed by atoms with Crippen molar-refractivity contribution in [3.05, 3.63) is 36.7 Å². The molecule has 0 radical (unpaired) electrons. The highest BCUT2D eigenvalue weighted by Crippen LogP contribution is 2.56. The normalized spacial score (nSPS) is 14.9. The Morgan fingerprint density at radius 1 is 0.564 bits per heavy atom. The lowest BCUT2D eigenvalue weighted by molar-refractivity contribution is -0.543. The van der Waals surface area contributed by atoms with Crippen molar-refractivity contribution in [2.24, 2.45) is 0 Å². The molecule has 1 aromatic heterocycles. The average Bonchev–Trinajstić information content (AvgIpc) is 3.06. The molecule has 0 aliphatic carbocycles. The summed E-state index contributed by atoms with van der Waals surface area (Å²) in [5.74, 6) is -15.5. The molecule has 0 aliphatic heterocycles. The monoisotopic (exact) mass is 836 g/mol. The molecule has 2 unspecified atom stereocenters. The third-order valence-electron chi connectivity index (χ3n) is 7.03. The molecular formula is C31H33F17N2O5. The Morgan fingerprint density at radius 2 is 1.07 bits per heavy atom. The van der Waals surface area contributed by atoms with Gasteiger partial charge in [-0.15, -0.1) is 0 Å². The van der Waals surface area contributed by atoms with Crippen molar-refractivity contribution in [2.45, 2.75) is 107 Å². The Bertz CT molecular complexity index is 1430. The molecule has 2 atom stereocenters. The molecule has 1 heterocycles. The number of rotatable bonds is 25. The number of hydrogen-bond donors (Lipinski definition) is 0. The van der Waals surface area contributed by atoms with Crippen molar-refractivity contribution < 1.29 is 98.3 Å². The van der Waals surface area contributed by atoms with Crippen LogP contribution in [0, 0.1) is 0 Å². The number of halogens is 17. The summed E-state index contributed by atoms with van der Waals surface area (Å²) in [6, 6.07) is 5.37. The van der Waals surface area contributed by atoms with Crippen LogP contribution in [-0.4, -0.2) is 91.2 Å². The summed E-state index contributed by atoms with van der Waals surface area (Å²) in [4.78, 5) is 8.19. The molecular weight excluding hydrogens is 803 g/mol. The van der Waals surface area contributed by atoms with Crippen molar-refractivity contribution in [1.29, 1.82) is 0 Å². The lowest BCUT2D eigenvalue weighted by Gasteiger charge is -2.36. The fraction of sp³-hybridized carbons (Fsp3) is 0.677. The molecule has 2 aromatic rings. The maximum Gasteiger partial charge on any atom is 0.460 e. The minimum Gasteiger partial charge on any atom is -0.490 e. The maximum absolute atomic E-state index is 14.1. The van der Waals surface area contributed by atoms with E-state index in [9.17, 15) is 74.6 Å². The Labute approximate surface area is 301 Å². The van der Waals surface area contributed by atoms with Crippen LogP contribution >= 0.6 is 0 Å². The Morgan fingerprint density at radius 3 is 1.64 bits per heavy atom. The first-order chi connectivity index (χ1) is 25.2. The van der Waals surface area contributed by atoms with E-state index in [1.165, 1.54) is 41.4 Å². The van der Waals surface area contributed by atoms with Gasteiger partial charge in [-0.25, -0.2) is 28.2 Å². The van der Waals surface area contributed by atoms with Gasteiger partial charge in [0.15, 0.2) is 17.7 Å². The number of aromatic nitrogens is 2. The number of benzene rings is 1. The van der Waals surface area contributed by atoms with Gasteiger partial charge in [0.05, 0.1) is 19.0 Å². The summed E-state index contributed by atoms with van der Waals surface area (Å²) in [5, 5.41) is 0. The van der Waals surface area contributed by atoms with Gasteiger partial charge >= 0.3 is 42.5 Å². The van der Waals surface area contributed by atoms with Crippen LogP contribution in [0.25, 0.3) is 11.4 Å². The van der Waals surface area contributed by atoms with Crippen LogP contribution in [0.15, 0.2) is 36.7 Å². The molecule has 0 spiro atoms. The van der Waals surface area contributed by atoms with Crippen LogP contribution in [0.4, 0.5) is 74.6 Å². The Balaban J connectivity index is 1.82. The third kappa shape index (κ3) is 13.6. The predicted molar refractivity (Wildman–Crippen MR) is 155 cm³/mol. The van der Waals surface area contributed by atoms with Gasteiger partial charge in [0.1, 0.15) is 31.7 Å². The zero-order chi connectivity index (χ0) is 41.9. The maximum atomic E-state index is 14.1. The van der Waals surface area contributed by atoms with Crippen molar-refractivity contribution in [2.75, 3.05) is 26.4 Å². The van der Waals surface area contributed by atoms with E-state index in [1.54, 1.807) is 0 Å². The van der Waals surface area contributed by atoms with E-state index >= 15 is 0 Å². The van der Waals surface area contributed by atoms with Crippen molar-refractivity contribution in [3.8, 4) is 22.9 Å². The lowest BCUT2D eigenvalue weighted by Crippen LogP contribution is -2.64. The van der Waals surface area contributed by atoms with Crippen molar-refractivity contribution in [3.63, 3.8) is 0 Å². The second-order valence-corrected chi connectivity index (χ2v) is 11.7. The molecule has 2 rings (SSSR count). The second-order valence-electron chi connectivity index (χ2n) is 11.7. The third-order valence-corrected chi connectivity index (χ3v) is 7.03. The largest absolute Gasteiger partial charge is 0.490 e. The highest BCUT2D eigenvalue weighted by molar-refractivity contribution is 5.56. The number of hydrogen-bond acceptors (Lipinski definition) is 7. The van der Waals surface area contributed by atoms with E-state index in [2.05, 4.69) is 26.4 Å². The van der Waals surface area contributed by atoms with E-state index in [0.717, 1.165) is 38.5 Å². The lowest BCUT2D eigenvalue weighted by atomic mass is 10.1. The molecule has 0 saturated carbocycles. The fourth-order valence-electron chi connectivity index (χ4n) is 4.12. The molecule has 0 aliphatic rings. The van der Waals surface area contributed by atoms with Crippen molar-refractivity contribution >= 4 is 0 Å². The molecule has 24 heteroatoms. The van der Waals surface area contributed by atoms with Gasteiger partial charge in [0.2, 0.25) is 0 Å². The van der Waals surface area contributed by atoms with Gasteiger partial charge in [0.25, 0.3) is 0 Å². The van der Waals surface area contributed by atoms with Crippen LogP contribution in [0.3, 0.4) is 0 Å². The summed E-state index contributed by atoms with van der Waals surface area (Å²) < 4.78 is 243. The number of unbranched alkanes of at least 4 members (excludes halogenated alkanes) is 5. The minimum absolute atomic E-state index is 0.0309. The fourth-order valence-corrected chi connectivity index (χ4v) is 4.12. The van der Waals surface area contributed by atoms with Crippen molar-refractivity contribution in [1.82, 2.24) is 9.97 Å². The number of nitrogens with zero attached hydrogens (tertiary/aromatic N) is 2. The standard InChI is InChI=1S/C31H33F17N2O5/c1-2-3-4-5-6-7-8-20(32)16-53-23-13-49-24(50-14-23)19-9-11-22(12-10-19)52-17-21(33)15-51-18-25(34,35)54-30(45,46)31(47,48)55-29(43,44)27(38,39)26(36,37)28(40,41)42/h9-14,20-21H,2-8,15-18H2,1H3. The summed E-state index contributed by atoms with van der Waals surface area (Å²) >= 11 is 0. The zero-order valence-corrected chi connectivity index (χ0v) is 28.3. The topological polar surface area (TPSA) is 71.9 Å². The molecule has 0 fully saturated rings. The molecule has 7 nitrogen and oxygen atoms in total. The Hall–Kier alpha value is -3.41. The van der Waals surface area contributed by atoms with E-state index in [0.29, 0.717) is 12.0 Å². The first-order valence-electron chi connectivity index (χ1n) is 16.0. The van der Waals surface area contributed by atoms with E-state index in [-0.39, 0.29) is 23.9 Å². The van der Waals surface area contributed by atoms with E-state index in [1.807, 2.05) is 0 Å². The summed E-state index contributed by atoms with van der Waals surface area (Å²) in [5.41, 5.74) is 0.414. The SMILES string of the molecule is CCCCCCCCC(F)COc1cnc(-c2ccc(OCC(F)COCC(F)(F)OC(F)(F)C(F)(F)OC(F)(F)C(F)(F)C(F)(F)C(F)(F)F)cc2)nc1. The van der Waals surface area contributed by atoms with Gasteiger partial charge in [-0.05, 0) is 30.7 Å². The quantitative estimate of drug-likeness (QED) is 0.0729. The van der Waals surface area contributed by atoms with E-state index < -0.39 is 74.6 Å². The predicted octanol–water partition coefficient (Wildman–Crippen LogP) is 10.6. The number of ether oxygens (including phenoxy) is 5. The molecule has 0 N–H and O–H groups in total. The number of alkyl halides is 17. The van der Waals surface area contributed by atoms with Gasteiger partial charge < -0.3 is 14.2 Å². The van der Waals surface area contributed by atoms with Crippen LogP contribution < -0.4 is 9.47 Å². The first kappa shape index (κ1) is 47.7. The van der Waals surface area contributed by atoms with Gasteiger partial charge in [-0.3, -0.25) is 0 Å².